The Balaban J connectivity index is 1.83. The van der Waals surface area contributed by atoms with E-state index in [1.807, 2.05) is 19.1 Å². The zero-order valence-corrected chi connectivity index (χ0v) is 14.0. The summed E-state index contributed by atoms with van der Waals surface area (Å²) in [7, 11) is 0. The summed E-state index contributed by atoms with van der Waals surface area (Å²) < 4.78 is 5.28. The molecular formula is C17H18ClN3O3. The number of aromatic nitrogens is 1. The number of likely N-dealkylation sites (tertiary alicyclic amines) is 1. The third-order valence-corrected chi connectivity index (χ3v) is 4.74. The van der Waals surface area contributed by atoms with E-state index >= 15 is 0 Å². The highest BCUT2D eigenvalue weighted by atomic mass is 35.5. The summed E-state index contributed by atoms with van der Waals surface area (Å²) >= 11 is 6.14. The smallest absolute Gasteiger partial charge is 0.276 e. The number of rotatable bonds is 3. The van der Waals surface area contributed by atoms with Crippen molar-refractivity contribution in [1.82, 2.24) is 10.1 Å². The Labute approximate surface area is 144 Å². The molecule has 1 aliphatic rings. The normalized spacial score (nSPS) is 20.8. The molecule has 1 fully saturated rings. The third-order valence-electron chi connectivity index (χ3n) is 4.41. The van der Waals surface area contributed by atoms with E-state index in [1.54, 1.807) is 23.1 Å². The van der Waals surface area contributed by atoms with Crippen LogP contribution in [0.1, 0.15) is 30.3 Å². The Bertz CT molecular complexity index is 774. The molecule has 6 nitrogen and oxygen atoms in total. The number of hydrogen-bond acceptors (Lipinski definition) is 4. The van der Waals surface area contributed by atoms with Crippen molar-refractivity contribution in [3.63, 3.8) is 0 Å². The highest BCUT2D eigenvalue weighted by Gasteiger charge is 2.33. The molecule has 0 unspecified atom stereocenters. The van der Waals surface area contributed by atoms with Gasteiger partial charge >= 0.3 is 0 Å². The fraction of sp³-hybridized carbons (Fsp3) is 0.353. The Morgan fingerprint density at radius 1 is 1.33 bits per heavy atom. The number of nitrogens with zero attached hydrogens (tertiary/aromatic N) is 2. The summed E-state index contributed by atoms with van der Waals surface area (Å²) in [5.41, 5.74) is 6.25. The molecule has 24 heavy (non-hydrogen) atoms. The van der Waals surface area contributed by atoms with Crippen molar-refractivity contribution < 1.29 is 14.1 Å². The maximum absolute atomic E-state index is 12.7. The van der Waals surface area contributed by atoms with Crippen LogP contribution in [0.25, 0.3) is 11.3 Å². The second kappa shape index (κ2) is 6.65. The molecular weight excluding hydrogens is 330 g/mol. The average Bonchev–Trinajstić information content (AvgIpc) is 3.04. The van der Waals surface area contributed by atoms with Gasteiger partial charge in [0.2, 0.25) is 5.91 Å². The van der Waals surface area contributed by atoms with Gasteiger partial charge < -0.3 is 15.2 Å². The Kier molecular flexibility index (Phi) is 4.57. The minimum Gasteiger partial charge on any atom is -0.369 e. The van der Waals surface area contributed by atoms with Crippen molar-refractivity contribution in [2.24, 2.45) is 11.7 Å². The van der Waals surface area contributed by atoms with Crippen molar-refractivity contribution in [3.8, 4) is 11.3 Å². The molecule has 126 valence electrons. The number of carbonyl (C=O) groups is 2. The third kappa shape index (κ3) is 3.14. The lowest BCUT2D eigenvalue weighted by Crippen LogP contribution is -2.48. The molecule has 0 aliphatic carbocycles. The zero-order valence-electron chi connectivity index (χ0n) is 13.2. The molecule has 2 atom stereocenters. The number of halogens is 1. The molecule has 2 amide bonds. The molecule has 0 radical (unpaired) electrons. The summed E-state index contributed by atoms with van der Waals surface area (Å²) in [5.74, 6) is -0.535. The van der Waals surface area contributed by atoms with Crippen LogP contribution in [0.5, 0.6) is 0 Å². The minimum atomic E-state index is -0.378. The molecule has 1 aromatic heterocycles. The molecule has 0 bridgehead atoms. The van der Waals surface area contributed by atoms with Gasteiger partial charge in [-0.05, 0) is 31.9 Å². The van der Waals surface area contributed by atoms with Gasteiger partial charge in [-0.1, -0.05) is 28.9 Å². The highest BCUT2D eigenvalue weighted by Crippen LogP contribution is 2.29. The van der Waals surface area contributed by atoms with Gasteiger partial charge in [0.05, 0.1) is 10.9 Å². The predicted octanol–water partition coefficient (Wildman–Crippen LogP) is 2.72. The molecule has 0 saturated carbocycles. The van der Waals surface area contributed by atoms with Crippen LogP contribution in [0, 0.1) is 5.92 Å². The first-order valence-corrected chi connectivity index (χ1v) is 8.17. The van der Waals surface area contributed by atoms with Gasteiger partial charge in [-0.3, -0.25) is 9.59 Å². The van der Waals surface area contributed by atoms with Crippen LogP contribution in [0.15, 0.2) is 34.9 Å². The van der Waals surface area contributed by atoms with Gasteiger partial charge in [0.25, 0.3) is 5.91 Å². The lowest BCUT2D eigenvalue weighted by Gasteiger charge is -2.36. The number of nitrogens with two attached hydrogens (primary N) is 1. The lowest BCUT2D eigenvalue weighted by molar-refractivity contribution is -0.123. The monoisotopic (exact) mass is 347 g/mol. The van der Waals surface area contributed by atoms with Crippen molar-refractivity contribution in [2.75, 3.05) is 6.54 Å². The Morgan fingerprint density at radius 2 is 2.08 bits per heavy atom. The maximum Gasteiger partial charge on any atom is 0.276 e. The van der Waals surface area contributed by atoms with Crippen LogP contribution in [-0.2, 0) is 4.79 Å². The van der Waals surface area contributed by atoms with Crippen LogP contribution in [0.3, 0.4) is 0 Å². The first-order chi connectivity index (χ1) is 11.5. The fourth-order valence-corrected chi connectivity index (χ4v) is 3.16. The van der Waals surface area contributed by atoms with Gasteiger partial charge in [-0.25, -0.2) is 0 Å². The lowest BCUT2D eigenvalue weighted by atomic mass is 9.92. The summed E-state index contributed by atoms with van der Waals surface area (Å²) in [4.78, 5) is 25.8. The molecule has 7 heteroatoms. The van der Waals surface area contributed by atoms with E-state index in [9.17, 15) is 9.59 Å². The van der Waals surface area contributed by atoms with Gasteiger partial charge in [0, 0.05) is 24.2 Å². The Hall–Kier alpha value is -2.34. The van der Waals surface area contributed by atoms with Crippen LogP contribution >= 0.6 is 11.6 Å². The average molecular weight is 348 g/mol. The van der Waals surface area contributed by atoms with E-state index < -0.39 is 0 Å². The second-order valence-corrected chi connectivity index (χ2v) is 6.45. The summed E-state index contributed by atoms with van der Waals surface area (Å²) in [6.45, 7) is 2.26. The largest absolute Gasteiger partial charge is 0.369 e. The second-order valence-electron chi connectivity index (χ2n) is 6.04. The molecule has 1 aliphatic heterocycles. The van der Waals surface area contributed by atoms with E-state index in [1.165, 1.54) is 0 Å². The number of carbonyl (C=O) groups excluding carboxylic acids is 2. The Morgan fingerprint density at radius 3 is 2.79 bits per heavy atom. The summed E-state index contributed by atoms with van der Waals surface area (Å²) in [5, 5.41) is 4.39. The number of amides is 2. The summed E-state index contributed by atoms with van der Waals surface area (Å²) in [6, 6.07) is 8.77. The quantitative estimate of drug-likeness (QED) is 0.924. The zero-order chi connectivity index (χ0) is 17.3. The standard InChI is InChI=1S/C17H18ClN3O3/c1-10-6-7-11(16(19)22)9-21(10)17(23)14-8-15(24-20-14)12-4-2-3-5-13(12)18/h2-5,8,10-11H,6-7,9H2,1H3,(H2,19,22)/t10-,11+/m1/s1. The van der Waals surface area contributed by atoms with Crippen LogP contribution in [0.4, 0.5) is 0 Å². The molecule has 1 aromatic carbocycles. The number of piperidine rings is 1. The van der Waals surface area contributed by atoms with E-state index in [-0.39, 0.29) is 29.5 Å². The van der Waals surface area contributed by atoms with Gasteiger partial charge in [0.1, 0.15) is 0 Å². The SMILES string of the molecule is C[C@@H]1CC[C@H](C(N)=O)CN1C(=O)c1cc(-c2ccccc2Cl)on1. The van der Waals surface area contributed by atoms with Gasteiger partial charge in [-0.2, -0.15) is 0 Å². The van der Waals surface area contributed by atoms with Crippen molar-refractivity contribution in [1.29, 1.82) is 0 Å². The molecule has 2 aromatic rings. The number of primary amides is 1. The highest BCUT2D eigenvalue weighted by molar-refractivity contribution is 6.33. The predicted molar refractivity (Wildman–Crippen MR) is 89.4 cm³/mol. The summed E-state index contributed by atoms with van der Waals surface area (Å²) in [6.07, 6.45) is 1.43. The van der Waals surface area contributed by atoms with E-state index in [0.29, 0.717) is 29.3 Å². The minimum absolute atomic E-state index is 0.0218. The first-order valence-electron chi connectivity index (χ1n) is 7.79. The van der Waals surface area contributed by atoms with Gasteiger partial charge in [0.15, 0.2) is 11.5 Å². The van der Waals surface area contributed by atoms with E-state index in [2.05, 4.69) is 5.16 Å². The van der Waals surface area contributed by atoms with E-state index in [0.717, 1.165) is 6.42 Å². The fourth-order valence-electron chi connectivity index (χ4n) is 2.93. The molecule has 2 heterocycles. The molecule has 0 spiro atoms. The number of benzene rings is 1. The molecule has 2 N–H and O–H groups in total. The first kappa shape index (κ1) is 16.5. The van der Waals surface area contributed by atoms with Crippen LogP contribution in [-0.4, -0.2) is 34.5 Å². The van der Waals surface area contributed by atoms with Crippen molar-refractivity contribution >= 4 is 23.4 Å². The van der Waals surface area contributed by atoms with Crippen LogP contribution < -0.4 is 5.73 Å². The maximum atomic E-state index is 12.7. The van der Waals surface area contributed by atoms with Gasteiger partial charge in [-0.15, -0.1) is 0 Å². The van der Waals surface area contributed by atoms with E-state index in [4.69, 9.17) is 21.9 Å². The van der Waals surface area contributed by atoms with Crippen molar-refractivity contribution in [3.05, 3.63) is 41.0 Å². The number of hydrogen-bond donors (Lipinski definition) is 1. The topological polar surface area (TPSA) is 89.4 Å². The van der Waals surface area contributed by atoms with Crippen LogP contribution in [0.2, 0.25) is 5.02 Å². The molecule has 1 saturated heterocycles. The van der Waals surface area contributed by atoms with Crippen molar-refractivity contribution in [2.45, 2.75) is 25.8 Å². The molecule has 3 rings (SSSR count).